The first-order valence-electron chi connectivity index (χ1n) is 14.3. The molecule has 0 spiro atoms. The molecule has 2 fully saturated rings. The van der Waals surface area contributed by atoms with Crippen molar-refractivity contribution < 1.29 is 66.9 Å². The molecule has 1 aromatic heterocycles. The zero-order chi connectivity index (χ0) is 32.7. The van der Waals surface area contributed by atoms with Crippen molar-refractivity contribution in [3.8, 4) is 0 Å². The number of rotatable bonds is 17. The summed E-state index contributed by atoms with van der Waals surface area (Å²) in [4.78, 5) is 46.0. The highest BCUT2D eigenvalue weighted by atomic mass is 31.3. The third-order valence-corrected chi connectivity index (χ3v) is 9.74. The maximum atomic E-state index is 12.6. The highest BCUT2D eigenvalue weighted by Gasteiger charge is 2.49. The van der Waals surface area contributed by atoms with E-state index in [0.717, 1.165) is 36.7 Å². The van der Waals surface area contributed by atoms with Gasteiger partial charge in [-0.15, -0.1) is 0 Å². The lowest BCUT2D eigenvalue weighted by molar-refractivity contribution is -0.288. The van der Waals surface area contributed by atoms with Gasteiger partial charge < -0.3 is 44.4 Å². The third-order valence-electron chi connectivity index (χ3n) is 7.14. The number of aryl methyl sites for hydroxylation is 1. The number of H-pyrrole nitrogens is 1. The lowest BCUT2D eigenvalue weighted by atomic mass is 9.99. The summed E-state index contributed by atoms with van der Waals surface area (Å²) >= 11 is 0. The van der Waals surface area contributed by atoms with Crippen LogP contribution in [0.4, 0.5) is 0 Å². The lowest BCUT2D eigenvalue weighted by Crippen LogP contribution is -2.60. The predicted molar refractivity (Wildman–Crippen MR) is 149 cm³/mol. The topological polar surface area (TPSA) is 266 Å². The smallest absolute Gasteiger partial charge is 0.394 e. The molecule has 2 unspecified atom stereocenters. The molecule has 44 heavy (non-hydrogen) atoms. The molecule has 7 N–H and O–H groups in total. The van der Waals surface area contributed by atoms with Crippen LogP contribution in [0.15, 0.2) is 15.8 Å². The van der Waals surface area contributed by atoms with Gasteiger partial charge in [0.1, 0.15) is 36.7 Å². The van der Waals surface area contributed by atoms with Gasteiger partial charge in [-0.2, -0.15) is 4.31 Å². The highest BCUT2D eigenvalue weighted by molar-refractivity contribution is 7.61. The summed E-state index contributed by atoms with van der Waals surface area (Å²) in [7, 11) is -10.9. The van der Waals surface area contributed by atoms with E-state index in [0.29, 0.717) is 6.42 Å². The van der Waals surface area contributed by atoms with Crippen molar-refractivity contribution in [1.29, 1.82) is 0 Å². The zero-order valence-corrected chi connectivity index (χ0v) is 26.2. The second-order valence-electron chi connectivity index (χ2n) is 10.6. The van der Waals surface area contributed by atoms with E-state index in [1.165, 1.54) is 13.1 Å². The summed E-state index contributed by atoms with van der Waals surface area (Å²) < 4.78 is 56.1. The minimum absolute atomic E-state index is 0.120. The number of hydrogen-bond donors (Lipinski definition) is 7. The second kappa shape index (κ2) is 16.5. The van der Waals surface area contributed by atoms with Gasteiger partial charge in [0.2, 0.25) is 0 Å². The Bertz CT molecular complexity index is 1280. The Morgan fingerprint density at radius 1 is 1.00 bits per heavy atom. The second-order valence-corrected chi connectivity index (χ2v) is 13.6. The molecule has 3 heterocycles. The van der Waals surface area contributed by atoms with Crippen LogP contribution in [0.25, 0.3) is 0 Å². The standard InChI is InChI=1S/C24H42N2O16P2/c1-3-4-5-6-7-8-9-37-21-19(29)16(12-27)40-23(20(21)30)41-44(35,36)42-43(33,34)38-13-17-15(28)10-18(39-17)26-11-14(2)22(31)25-24(26)32/h11,15-21,23,27-30H,3-10,12-13H2,1-2H3,(H,33,34)(H,35,36)(H,25,31,32)/t15-,16+,17+,18+,19+,20+,21-,23+/m0/s1. The number of aliphatic hydroxyl groups is 4. The van der Waals surface area contributed by atoms with Crippen molar-refractivity contribution in [3.05, 3.63) is 32.6 Å². The van der Waals surface area contributed by atoms with E-state index in [2.05, 4.69) is 16.2 Å². The van der Waals surface area contributed by atoms with Crippen LogP contribution in [0.1, 0.15) is 63.7 Å². The molecular formula is C24H42N2O16P2. The molecule has 0 bridgehead atoms. The number of phosphoric ester groups is 2. The van der Waals surface area contributed by atoms with Crippen LogP contribution in [-0.4, -0.2) is 102 Å². The van der Waals surface area contributed by atoms with Crippen LogP contribution < -0.4 is 11.2 Å². The molecular weight excluding hydrogens is 634 g/mol. The molecule has 1 aromatic rings. The Labute approximate surface area is 252 Å². The Morgan fingerprint density at radius 3 is 2.36 bits per heavy atom. The molecule has 0 radical (unpaired) electrons. The number of aromatic nitrogens is 2. The van der Waals surface area contributed by atoms with Crippen LogP contribution in [0.5, 0.6) is 0 Å². The van der Waals surface area contributed by atoms with E-state index in [1.54, 1.807) is 0 Å². The van der Waals surface area contributed by atoms with E-state index < -0.39 is 89.2 Å². The first-order valence-corrected chi connectivity index (χ1v) is 17.3. The molecule has 0 saturated carbocycles. The minimum atomic E-state index is -5.53. The molecule has 0 aliphatic carbocycles. The van der Waals surface area contributed by atoms with Gasteiger partial charge in [-0.05, 0) is 13.3 Å². The largest absolute Gasteiger partial charge is 0.483 e. The van der Waals surface area contributed by atoms with Crippen molar-refractivity contribution in [2.45, 2.75) is 108 Å². The number of phosphoric acid groups is 2. The van der Waals surface area contributed by atoms with Crippen LogP contribution in [0.2, 0.25) is 0 Å². The number of nitrogens with zero attached hydrogens (tertiary/aromatic N) is 1. The Hall–Kier alpha value is -1.34. The molecule has 2 aliphatic heterocycles. The SMILES string of the molecule is CCCCCCCCO[C@@H]1[C@@H](O)[C@@H](OP(=O)(O)OP(=O)(O)OC[C@H]2O[C@@H](n3cc(C)c(=O)[nH]c3=O)C[C@@H]2O)O[C@H](CO)[C@H]1O. The Kier molecular flexibility index (Phi) is 13.9. The van der Waals surface area contributed by atoms with Crippen molar-refractivity contribution in [2.75, 3.05) is 19.8 Å². The summed E-state index contributed by atoms with van der Waals surface area (Å²) in [6, 6.07) is 0. The average molecular weight is 677 g/mol. The van der Waals surface area contributed by atoms with Gasteiger partial charge >= 0.3 is 21.3 Å². The molecule has 2 saturated heterocycles. The zero-order valence-electron chi connectivity index (χ0n) is 24.4. The fraction of sp³-hybridized carbons (Fsp3) is 0.833. The molecule has 20 heteroatoms. The molecule has 18 nitrogen and oxygen atoms in total. The van der Waals surface area contributed by atoms with Crippen molar-refractivity contribution in [2.24, 2.45) is 0 Å². The van der Waals surface area contributed by atoms with Crippen molar-refractivity contribution >= 4 is 15.6 Å². The van der Waals surface area contributed by atoms with Crippen LogP contribution >= 0.6 is 15.6 Å². The molecule has 254 valence electrons. The van der Waals surface area contributed by atoms with Crippen LogP contribution in [0.3, 0.4) is 0 Å². The lowest BCUT2D eigenvalue weighted by Gasteiger charge is -2.41. The molecule has 3 rings (SSSR count). The number of nitrogens with one attached hydrogen (secondary N) is 1. The molecule has 10 atom stereocenters. The molecule has 0 amide bonds. The van der Waals surface area contributed by atoms with Crippen molar-refractivity contribution in [3.63, 3.8) is 0 Å². The molecule has 2 aliphatic rings. The van der Waals surface area contributed by atoms with Gasteiger partial charge in [-0.1, -0.05) is 39.0 Å². The maximum absolute atomic E-state index is 12.6. The van der Waals surface area contributed by atoms with E-state index in [-0.39, 0.29) is 18.6 Å². The minimum Gasteiger partial charge on any atom is -0.394 e. The van der Waals surface area contributed by atoms with Gasteiger partial charge in [0.05, 0.1) is 19.3 Å². The number of unbranched alkanes of at least 4 members (excludes halogenated alkanes) is 5. The normalized spacial score (nSPS) is 31.9. The monoisotopic (exact) mass is 676 g/mol. The van der Waals surface area contributed by atoms with E-state index >= 15 is 0 Å². The van der Waals surface area contributed by atoms with Crippen LogP contribution in [-0.2, 0) is 36.7 Å². The van der Waals surface area contributed by atoms with Crippen molar-refractivity contribution in [1.82, 2.24) is 9.55 Å². The Morgan fingerprint density at radius 2 is 1.68 bits per heavy atom. The summed E-state index contributed by atoms with van der Waals surface area (Å²) in [5.74, 6) is 0. The fourth-order valence-corrected chi connectivity index (χ4v) is 6.90. The number of hydrogen-bond acceptors (Lipinski definition) is 14. The van der Waals surface area contributed by atoms with Crippen LogP contribution in [0, 0.1) is 6.92 Å². The highest BCUT2D eigenvalue weighted by Crippen LogP contribution is 2.61. The van der Waals surface area contributed by atoms with E-state index in [4.69, 9.17) is 23.3 Å². The third kappa shape index (κ3) is 10.3. The van der Waals surface area contributed by atoms with Gasteiger partial charge in [0, 0.05) is 24.8 Å². The van der Waals surface area contributed by atoms with E-state index in [9.17, 15) is 48.9 Å². The first-order chi connectivity index (χ1) is 20.7. The fourth-order valence-electron chi connectivity index (χ4n) is 4.75. The predicted octanol–water partition coefficient (Wildman–Crippen LogP) is -0.0713. The quantitative estimate of drug-likeness (QED) is 0.0841. The van der Waals surface area contributed by atoms with Gasteiger partial charge in [0.25, 0.3) is 5.56 Å². The number of aliphatic hydroxyl groups excluding tert-OH is 4. The maximum Gasteiger partial charge on any atom is 0.483 e. The van der Waals surface area contributed by atoms with E-state index in [1.807, 2.05) is 0 Å². The van der Waals surface area contributed by atoms with Gasteiger partial charge in [0.15, 0.2) is 6.29 Å². The summed E-state index contributed by atoms with van der Waals surface area (Å²) in [6.45, 7) is 2.04. The summed E-state index contributed by atoms with van der Waals surface area (Å²) in [5.41, 5.74) is -1.23. The average Bonchev–Trinajstić information content (AvgIpc) is 3.31. The Balaban J connectivity index is 1.55. The summed E-state index contributed by atoms with van der Waals surface area (Å²) in [5, 5.41) is 41.0. The summed E-state index contributed by atoms with van der Waals surface area (Å²) in [6.07, 6.45) is -5.19. The number of ether oxygens (including phenoxy) is 3. The van der Waals surface area contributed by atoms with Gasteiger partial charge in [-0.25, -0.2) is 13.9 Å². The van der Waals surface area contributed by atoms with Gasteiger partial charge in [-0.3, -0.25) is 23.4 Å². The first kappa shape index (κ1) is 37.1. The number of aromatic amines is 1. The molecule has 0 aromatic carbocycles.